The molecule has 1 N–H and O–H groups in total. The number of aliphatic hydroxyl groups excluding tert-OH is 1. The summed E-state index contributed by atoms with van der Waals surface area (Å²) < 4.78 is 0.463. The molecule has 5 heteroatoms. The third kappa shape index (κ3) is 3.70. The summed E-state index contributed by atoms with van der Waals surface area (Å²) in [7, 11) is 0. The summed E-state index contributed by atoms with van der Waals surface area (Å²) in [6.45, 7) is 7.39. The maximum absolute atomic E-state index is 9.06. The van der Waals surface area contributed by atoms with Crippen LogP contribution in [-0.2, 0) is 6.42 Å². The number of aliphatic hydroxyl groups is 1. The summed E-state index contributed by atoms with van der Waals surface area (Å²) in [6.07, 6.45) is 3.31. The molecule has 0 aromatic heterocycles. The second-order valence-electron chi connectivity index (χ2n) is 6.33. The van der Waals surface area contributed by atoms with Crippen molar-refractivity contribution in [3.05, 3.63) is 34.9 Å². The van der Waals surface area contributed by atoms with Crippen LogP contribution in [0.3, 0.4) is 0 Å². The molecule has 1 atom stereocenters. The van der Waals surface area contributed by atoms with Crippen LogP contribution < -0.4 is 0 Å². The van der Waals surface area contributed by atoms with Crippen LogP contribution in [0, 0.1) is 0 Å². The highest BCUT2D eigenvalue weighted by molar-refractivity contribution is 6.30. The zero-order chi connectivity index (χ0) is 15.5. The van der Waals surface area contributed by atoms with Crippen LogP contribution in [0.15, 0.2) is 34.4 Å². The molecule has 1 unspecified atom stereocenters. The van der Waals surface area contributed by atoms with E-state index in [9.17, 15) is 0 Å². The van der Waals surface area contributed by atoms with Gasteiger partial charge in [-0.3, -0.25) is 0 Å². The Labute approximate surface area is 131 Å². The molecule has 1 aromatic rings. The van der Waals surface area contributed by atoms with Crippen LogP contribution in [0.5, 0.6) is 0 Å². The molecule has 4 nitrogen and oxygen atoms in total. The highest BCUT2D eigenvalue weighted by Gasteiger charge is 2.43. The van der Waals surface area contributed by atoms with Gasteiger partial charge in [-0.2, -0.15) is 4.99 Å². The van der Waals surface area contributed by atoms with E-state index in [1.807, 2.05) is 30.6 Å². The van der Waals surface area contributed by atoms with Crippen molar-refractivity contribution in [3.8, 4) is 0 Å². The second-order valence-corrected chi connectivity index (χ2v) is 6.77. The lowest BCUT2D eigenvalue weighted by Gasteiger charge is -2.37. The molecule has 0 amide bonds. The van der Waals surface area contributed by atoms with Gasteiger partial charge in [-0.1, -0.05) is 28.8 Å². The zero-order valence-electron chi connectivity index (χ0n) is 12.9. The first-order chi connectivity index (χ1) is 9.86. The van der Waals surface area contributed by atoms with E-state index in [0.717, 1.165) is 23.8 Å². The lowest BCUT2D eigenvalue weighted by Crippen LogP contribution is -2.55. The zero-order valence-corrected chi connectivity index (χ0v) is 13.6. The van der Waals surface area contributed by atoms with E-state index in [-0.39, 0.29) is 12.1 Å². The molecule has 0 radical (unpaired) electrons. The van der Waals surface area contributed by atoms with Gasteiger partial charge < -0.3 is 5.11 Å². The van der Waals surface area contributed by atoms with Gasteiger partial charge >= 0.3 is 0 Å². The molecule has 1 heterocycles. The average molecular weight is 309 g/mol. The number of hydrogen-bond donors (Lipinski definition) is 1. The Balaban J connectivity index is 2.16. The third-order valence-electron chi connectivity index (χ3n) is 3.84. The number of halogens is 1. The molecular weight excluding hydrogens is 286 g/mol. The van der Waals surface area contributed by atoms with Crippen molar-refractivity contribution in [3.63, 3.8) is 0 Å². The topological polar surface area (TPSA) is 45.0 Å². The predicted molar refractivity (Wildman–Crippen MR) is 87.7 cm³/mol. The van der Waals surface area contributed by atoms with Crippen molar-refractivity contribution in [1.29, 1.82) is 0 Å². The van der Waals surface area contributed by atoms with Gasteiger partial charge in [0.15, 0.2) is 5.84 Å². The largest absolute Gasteiger partial charge is 0.396 e. The second kappa shape index (κ2) is 6.26. The monoisotopic (exact) mass is 308 g/mol. The number of quaternary nitrogens is 1. The van der Waals surface area contributed by atoms with Crippen molar-refractivity contribution >= 4 is 23.8 Å². The molecule has 1 aliphatic rings. The fourth-order valence-corrected chi connectivity index (χ4v) is 2.48. The number of nitrogens with zero attached hydrogens (tertiary/aromatic N) is 3. The summed E-state index contributed by atoms with van der Waals surface area (Å²) in [5, 5.41) is 14.6. The van der Waals surface area contributed by atoms with Gasteiger partial charge in [0.05, 0.1) is 6.61 Å². The van der Waals surface area contributed by atoms with E-state index in [4.69, 9.17) is 21.8 Å². The van der Waals surface area contributed by atoms with Crippen molar-refractivity contribution in [2.45, 2.75) is 39.2 Å². The predicted octanol–water partition coefficient (Wildman–Crippen LogP) is 3.24. The molecule has 0 spiro atoms. The maximum Gasteiger partial charge on any atom is 0.219 e. The standard InChI is InChI=1S/C16H23ClN3O/c1-16(2,3)20(12-18-15(19-20)9-11-21)10-8-13-4-6-14(17)7-5-13/h4-7,12,21H,8-11H2,1-3H3/q+1. The lowest BCUT2D eigenvalue weighted by atomic mass is 10.0. The Kier molecular flexibility index (Phi) is 4.81. The number of rotatable bonds is 5. The fraction of sp³-hybridized carbons (Fsp3) is 0.500. The maximum atomic E-state index is 9.06. The Morgan fingerprint density at radius 2 is 1.81 bits per heavy atom. The number of aliphatic imine (C=N–C) groups is 1. The van der Waals surface area contributed by atoms with Gasteiger partial charge in [0.2, 0.25) is 6.34 Å². The van der Waals surface area contributed by atoms with Crippen LogP contribution in [0.25, 0.3) is 0 Å². The van der Waals surface area contributed by atoms with Gasteiger partial charge in [0.1, 0.15) is 12.1 Å². The summed E-state index contributed by atoms with van der Waals surface area (Å²) >= 11 is 5.92. The van der Waals surface area contributed by atoms with E-state index in [2.05, 4.69) is 25.8 Å². The van der Waals surface area contributed by atoms with Gasteiger partial charge in [0, 0.05) is 17.9 Å². The normalized spacial score (nSPS) is 21.7. The molecule has 2 rings (SSSR count). The van der Waals surface area contributed by atoms with Gasteiger partial charge in [-0.05, 0) is 38.5 Å². The fourth-order valence-electron chi connectivity index (χ4n) is 2.35. The Bertz CT molecular complexity index is 546. The molecular formula is C16H23ClN3O+. The molecule has 1 aliphatic heterocycles. The van der Waals surface area contributed by atoms with Crippen molar-refractivity contribution in [2.24, 2.45) is 10.1 Å². The quantitative estimate of drug-likeness (QED) is 0.834. The van der Waals surface area contributed by atoms with Crippen LogP contribution >= 0.6 is 11.6 Å². The third-order valence-corrected chi connectivity index (χ3v) is 4.10. The number of hydrogen-bond acceptors (Lipinski definition) is 3. The SMILES string of the molecule is CC(C)(C)[N+]1(CCc2ccc(Cl)cc2)C=NC(CCO)=N1. The van der Waals surface area contributed by atoms with E-state index >= 15 is 0 Å². The average Bonchev–Trinajstić information content (AvgIpc) is 2.83. The lowest BCUT2D eigenvalue weighted by molar-refractivity contribution is -0.887. The molecule has 0 fully saturated rings. The van der Waals surface area contributed by atoms with E-state index < -0.39 is 0 Å². The minimum Gasteiger partial charge on any atom is -0.396 e. The minimum absolute atomic E-state index is 0.0763. The first-order valence-electron chi connectivity index (χ1n) is 7.24. The summed E-state index contributed by atoms with van der Waals surface area (Å²) in [5.41, 5.74) is 1.16. The van der Waals surface area contributed by atoms with Crippen LogP contribution in [0.4, 0.5) is 0 Å². The van der Waals surface area contributed by atoms with E-state index in [1.165, 1.54) is 5.56 Å². The van der Waals surface area contributed by atoms with E-state index in [1.54, 1.807) is 0 Å². The molecule has 21 heavy (non-hydrogen) atoms. The van der Waals surface area contributed by atoms with Gasteiger partial charge in [0.25, 0.3) is 0 Å². The molecule has 0 bridgehead atoms. The number of amidine groups is 1. The first-order valence-corrected chi connectivity index (χ1v) is 7.62. The highest BCUT2D eigenvalue weighted by Crippen LogP contribution is 2.28. The van der Waals surface area contributed by atoms with E-state index in [0.29, 0.717) is 11.0 Å². The summed E-state index contributed by atoms with van der Waals surface area (Å²) in [4.78, 5) is 4.39. The van der Waals surface area contributed by atoms with Gasteiger partial charge in [-0.15, -0.1) is 4.59 Å². The smallest absolute Gasteiger partial charge is 0.219 e. The minimum atomic E-state index is -0.0763. The summed E-state index contributed by atoms with van der Waals surface area (Å²) in [5.74, 6) is 0.725. The molecule has 0 saturated heterocycles. The molecule has 114 valence electrons. The Morgan fingerprint density at radius 3 is 2.38 bits per heavy atom. The van der Waals surface area contributed by atoms with Crippen LogP contribution in [0.2, 0.25) is 5.02 Å². The first kappa shape index (κ1) is 16.1. The van der Waals surface area contributed by atoms with Crippen LogP contribution in [0.1, 0.15) is 32.8 Å². The van der Waals surface area contributed by atoms with Crippen molar-refractivity contribution in [2.75, 3.05) is 13.2 Å². The van der Waals surface area contributed by atoms with Crippen molar-refractivity contribution in [1.82, 2.24) is 0 Å². The molecule has 1 aromatic carbocycles. The van der Waals surface area contributed by atoms with Gasteiger partial charge in [-0.25, -0.2) is 0 Å². The van der Waals surface area contributed by atoms with Crippen LogP contribution in [-0.4, -0.2) is 40.6 Å². The highest BCUT2D eigenvalue weighted by atomic mass is 35.5. The Hall–Kier alpha value is -1.23. The summed E-state index contributed by atoms with van der Waals surface area (Å²) in [6, 6.07) is 7.92. The molecule has 0 aliphatic carbocycles. The Morgan fingerprint density at radius 1 is 1.14 bits per heavy atom. The number of benzene rings is 1. The molecule has 0 saturated carbocycles. The van der Waals surface area contributed by atoms with Crippen molar-refractivity contribution < 1.29 is 9.70 Å².